The summed E-state index contributed by atoms with van der Waals surface area (Å²) in [6.45, 7) is 3.43. The smallest absolute Gasteiger partial charge is 0.263 e. The molecule has 0 atom stereocenters. The van der Waals surface area contributed by atoms with Crippen LogP contribution < -0.4 is 9.64 Å². The van der Waals surface area contributed by atoms with E-state index in [1.807, 2.05) is 34.5 Å². The standard InChI is InChI=1S/C17H20N2O2S/c1-21-15-7-5-14(6-8-15)18-9-3-10-19(12-11-18)17(20)16-4-2-13-22-16/h2,4-8,13H,3,9-12H2,1H3. The number of nitrogens with zero attached hydrogens (tertiary/aromatic N) is 2. The Bertz CT molecular complexity index is 610. The second-order valence-electron chi connectivity index (χ2n) is 5.31. The number of anilines is 1. The fraction of sp³-hybridized carbons (Fsp3) is 0.353. The van der Waals surface area contributed by atoms with E-state index in [9.17, 15) is 4.79 Å². The lowest BCUT2D eigenvalue weighted by molar-refractivity contribution is 0.0772. The third kappa shape index (κ3) is 3.25. The Hall–Kier alpha value is -2.01. The molecule has 0 saturated carbocycles. The Morgan fingerprint density at radius 1 is 1.09 bits per heavy atom. The van der Waals surface area contributed by atoms with Crippen LogP contribution in [0.5, 0.6) is 5.75 Å². The number of ether oxygens (including phenoxy) is 1. The predicted molar refractivity (Wildman–Crippen MR) is 90.0 cm³/mol. The number of methoxy groups -OCH3 is 1. The molecule has 0 unspecified atom stereocenters. The van der Waals surface area contributed by atoms with Crippen LogP contribution in [0.2, 0.25) is 0 Å². The number of thiophene rings is 1. The Morgan fingerprint density at radius 2 is 1.91 bits per heavy atom. The van der Waals surface area contributed by atoms with E-state index in [1.54, 1.807) is 7.11 Å². The van der Waals surface area contributed by atoms with Crippen molar-refractivity contribution in [2.75, 3.05) is 38.2 Å². The summed E-state index contributed by atoms with van der Waals surface area (Å²) in [6, 6.07) is 12.0. The maximum atomic E-state index is 12.4. The number of hydrogen-bond acceptors (Lipinski definition) is 4. The number of carbonyl (C=O) groups is 1. The van der Waals surface area contributed by atoms with Crippen LogP contribution in [0.1, 0.15) is 16.1 Å². The van der Waals surface area contributed by atoms with Crippen LogP contribution in [0.3, 0.4) is 0 Å². The zero-order valence-corrected chi connectivity index (χ0v) is 13.5. The van der Waals surface area contributed by atoms with Crippen LogP contribution in [0.4, 0.5) is 5.69 Å². The molecule has 0 bridgehead atoms. The Kier molecular flexibility index (Phi) is 4.63. The number of hydrogen-bond donors (Lipinski definition) is 0. The van der Waals surface area contributed by atoms with Gasteiger partial charge in [-0.3, -0.25) is 4.79 Å². The van der Waals surface area contributed by atoms with Gasteiger partial charge in [0.05, 0.1) is 12.0 Å². The first-order chi connectivity index (χ1) is 10.8. The highest BCUT2D eigenvalue weighted by atomic mass is 32.1. The fourth-order valence-corrected chi connectivity index (χ4v) is 3.42. The van der Waals surface area contributed by atoms with Gasteiger partial charge in [-0.2, -0.15) is 0 Å². The van der Waals surface area contributed by atoms with Crippen molar-refractivity contribution in [2.45, 2.75) is 6.42 Å². The van der Waals surface area contributed by atoms with Crippen LogP contribution in [0.25, 0.3) is 0 Å². The molecule has 1 saturated heterocycles. The Morgan fingerprint density at radius 3 is 2.59 bits per heavy atom. The summed E-state index contributed by atoms with van der Waals surface area (Å²) in [7, 11) is 1.68. The summed E-state index contributed by atoms with van der Waals surface area (Å²) in [5.41, 5.74) is 1.19. The molecular weight excluding hydrogens is 296 g/mol. The minimum absolute atomic E-state index is 0.159. The molecule has 1 amide bonds. The lowest BCUT2D eigenvalue weighted by atomic mass is 10.2. The molecule has 1 aliphatic heterocycles. The van der Waals surface area contributed by atoms with Gasteiger partial charge in [0.1, 0.15) is 5.75 Å². The van der Waals surface area contributed by atoms with Crippen molar-refractivity contribution in [3.8, 4) is 5.75 Å². The first-order valence-electron chi connectivity index (χ1n) is 7.50. The molecule has 2 heterocycles. The molecule has 3 rings (SSSR count). The molecular formula is C17H20N2O2S. The van der Waals surface area contributed by atoms with Gasteiger partial charge in [0.2, 0.25) is 0 Å². The molecule has 5 heteroatoms. The molecule has 1 aliphatic rings. The van der Waals surface area contributed by atoms with Crippen molar-refractivity contribution < 1.29 is 9.53 Å². The van der Waals surface area contributed by atoms with Crippen molar-refractivity contribution >= 4 is 22.9 Å². The third-order valence-electron chi connectivity index (χ3n) is 3.95. The summed E-state index contributed by atoms with van der Waals surface area (Å²) in [5, 5.41) is 1.95. The molecule has 22 heavy (non-hydrogen) atoms. The van der Waals surface area contributed by atoms with Crippen LogP contribution in [0.15, 0.2) is 41.8 Å². The molecule has 1 aromatic carbocycles. The maximum Gasteiger partial charge on any atom is 0.263 e. The third-order valence-corrected chi connectivity index (χ3v) is 4.81. The van der Waals surface area contributed by atoms with Gasteiger partial charge in [-0.25, -0.2) is 0 Å². The van der Waals surface area contributed by atoms with Crippen LogP contribution in [0, 0.1) is 0 Å². The summed E-state index contributed by atoms with van der Waals surface area (Å²) < 4.78 is 5.20. The van der Waals surface area contributed by atoms with Gasteiger partial charge in [0.15, 0.2) is 0 Å². The second kappa shape index (κ2) is 6.83. The summed E-state index contributed by atoms with van der Waals surface area (Å²) in [4.78, 5) is 17.6. The van der Waals surface area contributed by atoms with Gasteiger partial charge in [-0.15, -0.1) is 11.3 Å². The molecule has 2 aromatic rings. The topological polar surface area (TPSA) is 32.8 Å². The summed E-state index contributed by atoms with van der Waals surface area (Å²) in [6.07, 6.45) is 0.989. The monoisotopic (exact) mass is 316 g/mol. The molecule has 4 nitrogen and oxygen atoms in total. The maximum absolute atomic E-state index is 12.4. The number of carbonyl (C=O) groups excluding carboxylic acids is 1. The van der Waals surface area contributed by atoms with Gasteiger partial charge < -0.3 is 14.5 Å². The van der Waals surface area contributed by atoms with Crippen LogP contribution >= 0.6 is 11.3 Å². The summed E-state index contributed by atoms with van der Waals surface area (Å²) >= 11 is 1.51. The highest BCUT2D eigenvalue weighted by Crippen LogP contribution is 2.21. The average Bonchev–Trinajstić information content (AvgIpc) is 2.99. The molecule has 0 aliphatic carbocycles. The van der Waals surface area contributed by atoms with E-state index in [0.717, 1.165) is 43.2 Å². The average molecular weight is 316 g/mol. The normalized spacial score (nSPS) is 15.5. The van der Waals surface area contributed by atoms with Crippen LogP contribution in [-0.2, 0) is 0 Å². The second-order valence-corrected chi connectivity index (χ2v) is 6.26. The molecule has 116 valence electrons. The summed E-state index contributed by atoms with van der Waals surface area (Å²) in [5.74, 6) is 1.03. The number of rotatable bonds is 3. The zero-order chi connectivity index (χ0) is 15.4. The molecule has 0 radical (unpaired) electrons. The minimum Gasteiger partial charge on any atom is -0.497 e. The lowest BCUT2D eigenvalue weighted by Crippen LogP contribution is -2.34. The van der Waals surface area contributed by atoms with Crippen molar-refractivity contribution in [3.63, 3.8) is 0 Å². The first-order valence-corrected chi connectivity index (χ1v) is 8.37. The van der Waals surface area contributed by atoms with Crippen molar-refractivity contribution in [2.24, 2.45) is 0 Å². The highest BCUT2D eigenvalue weighted by molar-refractivity contribution is 7.12. The lowest BCUT2D eigenvalue weighted by Gasteiger charge is -2.23. The van der Waals surface area contributed by atoms with Crippen molar-refractivity contribution in [3.05, 3.63) is 46.7 Å². The van der Waals surface area contributed by atoms with Gasteiger partial charge in [-0.1, -0.05) is 6.07 Å². The fourth-order valence-electron chi connectivity index (χ4n) is 2.73. The SMILES string of the molecule is COc1ccc(N2CCCN(C(=O)c3cccs3)CC2)cc1. The van der Waals surface area contributed by atoms with Crippen molar-refractivity contribution in [1.82, 2.24) is 4.90 Å². The van der Waals surface area contributed by atoms with E-state index >= 15 is 0 Å². The zero-order valence-electron chi connectivity index (χ0n) is 12.7. The van der Waals surface area contributed by atoms with Gasteiger partial charge in [-0.05, 0) is 42.1 Å². The first kappa shape index (κ1) is 14.9. The van der Waals surface area contributed by atoms with E-state index in [2.05, 4.69) is 17.0 Å². The Labute approximate surface area is 134 Å². The molecule has 1 fully saturated rings. The highest BCUT2D eigenvalue weighted by Gasteiger charge is 2.20. The number of benzene rings is 1. The van der Waals surface area contributed by atoms with Gasteiger partial charge in [0.25, 0.3) is 5.91 Å². The van der Waals surface area contributed by atoms with Gasteiger partial charge in [0, 0.05) is 31.9 Å². The molecule has 0 N–H and O–H groups in total. The van der Waals surface area contributed by atoms with E-state index in [0.29, 0.717) is 0 Å². The number of amides is 1. The van der Waals surface area contributed by atoms with Crippen LogP contribution in [-0.4, -0.2) is 44.1 Å². The Balaban J connectivity index is 1.65. The van der Waals surface area contributed by atoms with E-state index < -0.39 is 0 Å². The van der Waals surface area contributed by atoms with Gasteiger partial charge >= 0.3 is 0 Å². The van der Waals surface area contributed by atoms with E-state index in [4.69, 9.17) is 4.74 Å². The largest absolute Gasteiger partial charge is 0.497 e. The van der Waals surface area contributed by atoms with Crippen molar-refractivity contribution in [1.29, 1.82) is 0 Å². The molecule has 0 spiro atoms. The minimum atomic E-state index is 0.159. The molecule has 1 aromatic heterocycles. The quantitative estimate of drug-likeness (QED) is 0.872. The van der Waals surface area contributed by atoms with E-state index in [1.165, 1.54) is 17.0 Å². The predicted octanol–water partition coefficient (Wildman–Crippen LogP) is 3.11. The van der Waals surface area contributed by atoms with E-state index in [-0.39, 0.29) is 5.91 Å².